The number of phenols is 1. The minimum Gasteiger partial charge on any atom is -0.508 e. The number of phenolic OH excluding ortho intramolecular Hbond substituents is 1. The molecule has 0 spiro atoms. The second-order valence-electron chi connectivity index (χ2n) is 7.10. The highest BCUT2D eigenvalue weighted by atomic mass is 79.9. The molecule has 0 aliphatic carbocycles. The zero-order chi connectivity index (χ0) is 23.3. The van der Waals surface area contributed by atoms with Crippen LogP contribution in [0.25, 0.3) is 0 Å². The number of aliphatic carboxylic acids is 2. The zero-order valence-corrected chi connectivity index (χ0v) is 19.9. The van der Waals surface area contributed by atoms with Gasteiger partial charge in [-0.1, -0.05) is 13.8 Å². The Bertz CT molecular complexity index is 984. The van der Waals surface area contributed by atoms with Gasteiger partial charge in [-0.05, 0) is 73.7 Å². The Morgan fingerprint density at radius 2 is 1.68 bits per heavy atom. The number of nitrogens with one attached hydrogen (secondary N) is 1. The standard InChI is InChI=1S/C21H21Br2NO7/c1-10(2)13-8-12(3-4-17(13)25)31-20-14(22)5-11(6-15(20)23)7-18(26)24-16(21(29)30)9-19(27)28/h3-6,8,10,16,25H,7,9H2,1-2H3,(H,24,26)(H,27,28)(H,29,30)/t16-/m1/s1. The third-order valence-electron chi connectivity index (χ3n) is 4.28. The maximum atomic E-state index is 12.2. The fourth-order valence-corrected chi connectivity index (χ4v) is 4.24. The summed E-state index contributed by atoms with van der Waals surface area (Å²) >= 11 is 6.81. The lowest BCUT2D eigenvalue weighted by Gasteiger charge is -2.15. The molecule has 1 amide bonds. The molecule has 0 radical (unpaired) electrons. The molecule has 2 aromatic rings. The number of rotatable bonds is 9. The maximum Gasteiger partial charge on any atom is 0.326 e. The summed E-state index contributed by atoms with van der Waals surface area (Å²) in [4.78, 5) is 34.1. The Morgan fingerprint density at radius 1 is 1.06 bits per heavy atom. The normalized spacial score (nSPS) is 11.8. The minimum absolute atomic E-state index is 0.104. The van der Waals surface area contributed by atoms with Gasteiger partial charge in [0.15, 0.2) is 5.75 Å². The summed E-state index contributed by atoms with van der Waals surface area (Å²) in [5.74, 6) is -2.10. The summed E-state index contributed by atoms with van der Waals surface area (Å²) in [5, 5.41) is 30.0. The van der Waals surface area contributed by atoms with Gasteiger partial charge in [0.05, 0.1) is 21.8 Å². The number of carbonyl (C=O) groups excluding carboxylic acids is 1. The molecule has 31 heavy (non-hydrogen) atoms. The Balaban J connectivity index is 2.17. The van der Waals surface area contributed by atoms with Crippen LogP contribution in [0.4, 0.5) is 0 Å². The molecule has 0 aliphatic rings. The van der Waals surface area contributed by atoms with Gasteiger partial charge in [-0.3, -0.25) is 9.59 Å². The van der Waals surface area contributed by atoms with Crippen molar-refractivity contribution in [3.8, 4) is 17.2 Å². The lowest BCUT2D eigenvalue weighted by molar-refractivity contribution is -0.147. The molecule has 0 aromatic heterocycles. The van der Waals surface area contributed by atoms with Crippen LogP contribution in [0.1, 0.15) is 37.3 Å². The number of carboxylic acid groups (broad SMARTS) is 2. The molecule has 10 heteroatoms. The lowest BCUT2D eigenvalue weighted by Crippen LogP contribution is -2.42. The first-order valence-electron chi connectivity index (χ1n) is 9.20. The summed E-state index contributed by atoms with van der Waals surface area (Å²) in [6.45, 7) is 3.91. The van der Waals surface area contributed by atoms with Crippen LogP contribution in [0.15, 0.2) is 39.3 Å². The highest BCUT2D eigenvalue weighted by Crippen LogP contribution is 2.39. The smallest absolute Gasteiger partial charge is 0.326 e. The molecular formula is C21H21Br2NO7. The quantitative estimate of drug-likeness (QED) is 0.358. The number of carboxylic acids is 2. The number of aromatic hydroxyl groups is 1. The summed E-state index contributed by atoms with van der Waals surface area (Å²) in [5.41, 5.74) is 1.30. The molecule has 4 N–H and O–H groups in total. The van der Waals surface area contributed by atoms with E-state index in [2.05, 4.69) is 37.2 Å². The van der Waals surface area contributed by atoms with Gasteiger partial charge in [0.25, 0.3) is 0 Å². The van der Waals surface area contributed by atoms with E-state index in [1.807, 2.05) is 13.8 Å². The molecule has 0 aliphatic heterocycles. The van der Waals surface area contributed by atoms with E-state index in [0.29, 0.717) is 26.0 Å². The molecular weight excluding hydrogens is 538 g/mol. The molecule has 2 rings (SSSR count). The fraction of sp³-hybridized carbons (Fsp3) is 0.286. The summed E-state index contributed by atoms with van der Waals surface area (Å²) in [7, 11) is 0. The third kappa shape index (κ3) is 6.96. The van der Waals surface area contributed by atoms with Crippen LogP contribution in [-0.2, 0) is 20.8 Å². The second kappa shape index (κ2) is 10.6. The zero-order valence-electron chi connectivity index (χ0n) is 16.7. The number of benzene rings is 2. The number of amides is 1. The molecule has 0 saturated carbocycles. The first-order chi connectivity index (χ1) is 14.5. The van der Waals surface area contributed by atoms with Crippen LogP contribution in [0.5, 0.6) is 17.2 Å². The predicted octanol–water partition coefficient (Wildman–Crippen LogP) is 4.42. The van der Waals surface area contributed by atoms with Crippen molar-refractivity contribution in [1.82, 2.24) is 5.32 Å². The van der Waals surface area contributed by atoms with Crippen molar-refractivity contribution in [2.24, 2.45) is 0 Å². The number of hydrogen-bond donors (Lipinski definition) is 4. The van der Waals surface area contributed by atoms with Crippen molar-refractivity contribution in [3.05, 3.63) is 50.4 Å². The molecule has 166 valence electrons. The number of ether oxygens (including phenoxy) is 1. The Morgan fingerprint density at radius 3 is 2.19 bits per heavy atom. The maximum absolute atomic E-state index is 12.2. The molecule has 1 atom stereocenters. The van der Waals surface area contributed by atoms with Gasteiger partial charge in [0, 0.05) is 5.56 Å². The minimum atomic E-state index is -1.51. The van der Waals surface area contributed by atoms with Crippen molar-refractivity contribution in [1.29, 1.82) is 0 Å². The van der Waals surface area contributed by atoms with Gasteiger partial charge in [-0.25, -0.2) is 4.79 Å². The van der Waals surface area contributed by atoms with Crippen molar-refractivity contribution in [2.45, 2.75) is 38.6 Å². The van der Waals surface area contributed by atoms with Crippen molar-refractivity contribution in [2.75, 3.05) is 0 Å². The van der Waals surface area contributed by atoms with E-state index in [0.717, 1.165) is 5.56 Å². The van der Waals surface area contributed by atoms with Crippen LogP contribution in [-0.4, -0.2) is 39.2 Å². The van der Waals surface area contributed by atoms with E-state index in [-0.39, 0.29) is 18.1 Å². The molecule has 0 saturated heterocycles. The SMILES string of the molecule is CC(C)c1cc(Oc2c(Br)cc(CC(=O)N[C@H](CC(=O)O)C(=O)O)cc2Br)ccc1O. The van der Waals surface area contributed by atoms with Crippen molar-refractivity contribution >= 4 is 49.7 Å². The summed E-state index contributed by atoms with van der Waals surface area (Å²) in [6, 6.07) is 6.72. The monoisotopic (exact) mass is 557 g/mol. The third-order valence-corrected chi connectivity index (χ3v) is 5.45. The predicted molar refractivity (Wildman–Crippen MR) is 120 cm³/mol. The van der Waals surface area contributed by atoms with Crippen LogP contribution in [0.2, 0.25) is 0 Å². The largest absolute Gasteiger partial charge is 0.508 e. The number of carbonyl (C=O) groups is 3. The fourth-order valence-electron chi connectivity index (χ4n) is 2.79. The molecule has 8 nitrogen and oxygen atoms in total. The van der Waals surface area contributed by atoms with Gasteiger partial charge in [0.1, 0.15) is 17.5 Å². The first-order valence-corrected chi connectivity index (χ1v) is 10.8. The summed E-state index contributed by atoms with van der Waals surface area (Å²) in [6.07, 6.45) is -0.871. The molecule has 2 aromatic carbocycles. The van der Waals surface area contributed by atoms with E-state index < -0.39 is 30.3 Å². The second-order valence-corrected chi connectivity index (χ2v) is 8.81. The van der Waals surface area contributed by atoms with Gasteiger partial charge < -0.3 is 25.4 Å². The van der Waals surface area contributed by atoms with Gasteiger partial charge in [-0.15, -0.1) is 0 Å². The Labute approximate surface area is 195 Å². The summed E-state index contributed by atoms with van der Waals surface area (Å²) < 4.78 is 7.03. The van der Waals surface area contributed by atoms with Gasteiger partial charge >= 0.3 is 11.9 Å². The number of halogens is 2. The first kappa shape index (κ1) is 24.7. The van der Waals surface area contributed by atoms with E-state index in [9.17, 15) is 19.5 Å². The molecule has 0 bridgehead atoms. The Hall–Kier alpha value is -2.59. The van der Waals surface area contributed by atoms with E-state index in [4.69, 9.17) is 14.9 Å². The average molecular weight is 559 g/mol. The molecule has 0 unspecified atom stereocenters. The highest BCUT2D eigenvalue weighted by molar-refractivity contribution is 9.11. The highest BCUT2D eigenvalue weighted by Gasteiger charge is 2.23. The van der Waals surface area contributed by atoms with Crippen LogP contribution in [0, 0.1) is 0 Å². The van der Waals surface area contributed by atoms with Crippen LogP contribution < -0.4 is 10.1 Å². The Kier molecular flexibility index (Phi) is 8.46. The van der Waals surface area contributed by atoms with E-state index in [1.54, 1.807) is 30.3 Å². The lowest BCUT2D eigenvalue weighted by atomic mass is 10.0. The van der Waals surface area contributed by atoms with Crippen LogP contribution >= 0.6 is 31.9 Å². The van der Waals surface area contributed by atoms with E-state index in [1.165, 1.54) is 0 Å². The molecule has 0 fully saturated rings. The van der Waals surface area contributed by atoms with Crippen molar-refractivity contribution < 1.29 is 34.4 Å². The van der Waals surface area contributed by atoms with Gasteiger partial charge in [0.2, 0.25) is 5.91 Å². The number of hydrogen-bond acceptors (Lipinski definition) is 5. The average Bonchev–Trinajstić information content (AvgIpc) is 2.64. The van der Waals surface area contributed by atoms with E-state index >= 15 is 0 Å². The van der Waals surface area contributed by atoms with Gasteiger partial charge in [-0.2, -0.15) is 0 Å². The molecule has 0 heterocycles. The topological polar surface area (TPSA) is 133 Å². The van der Waals surface area contributed by atoms with Crippen LogP contribution in [0.3, 0.4) is 0 Å². The van der Waals surface area contributed by atoms with Crippen molar-refractivity contribution in [3.63, 3.8) is 0 Å².